The van der Waals surface area contributed by atoms with Gasteiger partial charge in [0.05, 0.1) is 11.5 Å². The Balaban J connectivity index is 2.01. The number of hydrogen-bond donors (Lipinski definition) is 0. The highest BCUT2D eigenvalue weighted by Gasteiger charge is 2.33. The number of Topliss-reactive ketones (excluding diaryl/α,β-unsaturated/α-hetero) is 1. The molecule has 1 heterocycles. The van der Waals surface area contributed by atoms with E-state index in [-0.39, 0.29) is 24.2 Å². The first-order valence-corrected chi connectivity index (χ1v) is 7.72. The highest BCUT2D eigenvalue weighted by molar-refractivity contribution is 5.96. The Bertz CT molecular complexity index is 587. The summed E-state index contributed by atoms with van der Waals surface area (Å²) in [6.07, 6.45) is 2.35. The fourth-order valence-corrected chi connectivity index (χ4v) is 2.85. The fraction of sp³-hybridized carbons (Fsp3) is 0.500. The van der Waals surface area contributed by atoms with Gasteiger partial charge in [0.25, 0.3) is 0 Å². The Morgan fingerprint density at radius 3 is 2.64 bits per heavy atom. The van der Waals surface area contributed by atoms with Crippen LogP contribution in [-0.4, -0.2) is 29.2 Å². The minimum Gasteiger partial charge on any atom is -0.339 e. The van der Waals surface area contributed by atoms with E-state index in [9.17, 15) is 9.59 Å². The van der Waals surface area contributed by atoms with Gasteiger partial charge in [-0.2, -0.15) is 5.26 Å². The summed E-state index contributed by atoms with van der Waals surface area (Å²) >= 11 is 0. The smallest absolute Gasteiger partial charge is 0.224 e. The van der Waals surface area contributed by atoms with Crippen molar-refractivity contribution in [3.63, 3.8) is 0 Å². The molecule has 0 radical (unpaired) electrons. The second-order valence-corrected chi connectivity index (χ2v) is 6.55. The van der Waals surface area contributed by atoms with Gasteiger partial charge >= 0.3 is 0 Å². The van der Waals surface area contributed by atoms with Crippen LogP contribution in [0.4, 0.5) is 0 Å². The van der Waals surface area contributed by atoms with Gasteiger partial charge in [0.15, 0.2) is 5.78 Å². The van der Waals surface area contributed by atoms with Crippen LogP contribution >= 0.6 is 0 Å². The Labute approximate surface area is 131 Å². The van der Waals surface area contributed by atoms with Gasteiger partial charge in [0.1, 0.15) is 0 Å². The van der Waals surface area contributed by atoms with E-state index in [0.717, 1.165) is 12.8 Å². The summed E-state index contributed by atoms with van der Waals surface area (Å²) in [5, 5.41) is 9.07. The third-order valence-corrected chi connectivity index (χ3v) is 4.11. The Morgan fingerprint density at radius 1 is 1.32 bits per heavy atom. The van der Waals surface area contributed by atoms with E-state index >= 15 is 0 Å². The summed E-state index contributed by atoms with van der Waals surface area (Å²) in [6, 6.07) is 11.3. The van der Waals surface area contributed by atoms with Gasteiger partial charge in [-0.1, -0.05) is 30.3 Å². The summed E-state index contributed by atoms with van der Waals surface area (Å²) in [4.78, 5) is 26.5. The molecule has 0 bridgehead atoms. The molecule has 1 saturated heterocycles. The summed E-state index contributed by atoms with van der Waals surface area (Å²) in [5.41, 5.74) is 0.0346. The molecular formula is C18H22N2O2. The number of nitriles is 1. The second kappa shape index (κ2) is 6.74. The zero-order valence-corrected chi connectivity index (χ0v) is 13.2. The minimum atomic E-state index is -0.659. The topological polar surface area (TPSA) is 61.2 Å². The first-order valence-electron chi connectivity index (χ1n) is 7.72. The van der Waals surface area contributed by atoms with Crippen molar-refractivity contribution in [2.24, 2.45) is 5.41 Å². The molecule has 116 valence electrons. The number of nitrogens with zero attached hydrogens (tertiary/aromatic N) is 2. The van der Waals surface area contributed by atoms with Gasteiger partial charge in [0.2, 0.25) is 5.91 Å². The van der Waals surface area contributed by atoms with E-state index in [0.29, 0.717) is 18.5 Å². The average Bonchev–Trinajstić information content (AvgIpc) is 2.96. The van der Waals surface area contributed by atoms with Crippen LogP contribution in [0.5, 0.6) is 0 Å². The number of hydrogen-bond acceptors (Lipinski definition) is 3. The van der Waals surface area contributed by atoms with Gasteiger partial charge in [-0.25, -0.2) is 0 Å². The van der Waals surface area contributed by atoms with Gasteiger partial charge in [-0.15, -0.1) is 0 Å². The van der Waals surface area contributed by atoms with Crippen molar-refractivity contribution in [3.05, 3.63) is 35.9 Å². The van der Waals surface area contributed by atoms with E-state index in [4.69, 9.17) is 5.26 Å². The maximum absolute atomic E-state index is 12.4. The molecule has 0 aromatic heterocycles. The van der Waals surface area contributed by atoms with Crippen LogP contribution in [0.25, 0.3) is 0 Å². The molecule has 0 saturated carbocycles. The Hall–Kier alpha value is -2.15. The normalized spacial score (nSPS) is 18.0. The highest BCUT2D eigenvalue weighted by atomic mass is 16.2. The number of benzene rings is 1. The monoisotopic (exact) mass is 298 g/mol. The predicted octanol–water partition coefficient (Wildman–Crippen LogP) is 3.19. The largest absolute Gasteiger partial charge is 0.339 e. The van der Waals surface area contributed by atoms with E-state index in [2.05, 4.69) is 6.07 Å². The number of carbonyl (C=O) groups is 2. The third kappa shape index (κ3) is 3.94. The Morgan fingerprint density at radius 2 is 2.00 bits per heavy atom. The van der Waals surface area contributed by atoms with Crippen molar-refractivity contribution in [1.82, 2.24) is 4.90 Å². The lowest BCUT2D eigenvalue weighted by Gasteiger charge is -2.27. The van der Waals surface area contributed by atoms with Crippen LogP contribution in [0, 0.1) is 16.7 Å². The lowest BCUT2D eigenvalue weighted by molar-refractivity contribution is -0.133. The molecule has 1 aliphatic heterocycles. The third-order valence-electron chi connectivity index (χ3n) is 4.11. The van der Waals surface area contributed by atoms with Crippen LogP contribution in [0.2, 0.25) is 0 Å². The molecule has 1 aromatic rings. The number of amides is 1. The first kappa shape index (κ1) is 16.2. The quantitative estimate of drug-likeness (QED) is 0.784. The fourth-order valence-electron chi connectivity index (χ4n) is 2.85. The van der Waals surface area contributed by atoms with Crippen LogP contribution in [0.1, 0.15) is 49.9 Å². The molecule has 22 heavy (non-hydrogen) atoms. The van der Waals surface area contributed by atoms with Crippen molar-refractivity contribution >= 4 is 11.7 Å². The summed E-state index contributed by atoms with van der Waals surface area (Å²) in [5.74, 6) is 0.0553. The minimum absolute atomic E-state index is 0.0186. The lowest BCUT2D eigenvalue weighted by atomic mass is 9.90. The predicted molar refractivity (Wildman–Crippen MR) is 84.1 cm³/mol. The standard InChI is InChI=1S/C18H22N2O2/c1-18(2,13-19)12-17(22)20-10-6-9-15(20)11-16(21)14-7-4-3-5-8-14/h3-5,7-8,15H,6,9-12H2,1-2H3. The average molecular weight is 298 g/mol. The van der Waals surface area contributed by atoms with Crippen molar-refractivity contribution < 1.29 is 9.59 Å². The molecule has 4 heteroatoms. The van der Waals surface area contributed by atoms with E-state index in [1.807, 2.05) is 30.3 Å². The number of rotatable bonds is 5. The molecule has 0 aliphatic carbocycles. The molecule has 2 rings (SSSR count). The summed E-state index contributed by atoms with van der Waals surface area (Å²) in [6.45, 7) is 4.23. The van der Waals surface area contributed by atoms with Crippen molar-refractivity contribution in [2.45, 2.75) is 45.6 Å². The molecule has 4 nitrogen and oxygen atoms in total. The van der Waals surface area contributed by atoms with Gasteiger partial charge in [-0.3, -0.25) is 9.59 Å². The number of carbonyl (C=O) groups excluding carboxylic acids is 2. The number of likely N-dealkylation sites (tertiary alicyclic amines) is 1. The first-order chi connectivity index (χ1) is 10.4. The molecule has 1 aliphatic rings. The summed E-state index contributed by atoms with van der Waals surface area (Å²) < 4.78 is 0. The Kier molecular flexibility index (Phi) is 4.97. The molecule has 1 fully saturated rings. The van der Waals surface area contributed by atoms with E-state index in [1.165, 1.54) is 0 Å². The number of ketones is 1. The zero-order valence-electron chi connectivity index (χ0n) is 13.2. The summed E-state index contributed by atoms with van der Waals surface area (Å²) in [7, 11) is 0. The molecule has 1 unspecified atom stereocenters. The maximum Gasteiger partial charge on any atom is 0.224 e. The van der Waals surface area contributed by atoms with Gasteiger partial charge in [0, 0.05) is 31.0 Å². The zero-order chi connectivity index (χ0) is 16.2. The molecule has 1 atom stereocenters. The van der Waals surface area contributed by atoms with Gasteiger partial charge in [-0.05, 0) is 26.7 Å². The van der Waals surface area contributed by atoms with Crippen LogP contribution in [-0.2, 0) is 4.79 Å². The SMILES string of the molecule is CC(C)(C#N)CC(=O)N1CCCC1CC(=O)c1ccccc1. The molecule has 0 spiro atoms. The molecular weight excluding hydrogens is 276 g/mol. The molecule has 0 N–H and O–H groups in total. The van der Waals surface area contributed by atoms with Crippen molar-refractivity contribution in [1.29, 1.82) is 5.26 Å². The van der Waals surface area contributed by atoms with Crippen LogP contribution < -0.4 is 0 Å². The van der Waals surface area contributed by atoms with Crippen molar-refractivity contribution in [3.8, 4) is 6.07 Å². The molecule has 1 aromatic carbocycles. The second-order valence-electron chi connectivity index (χ2n) is 6.55. The maximum atomic E-state index is 12.4. The van der Waals surface area contributed by atoms with E-state index < -0.39 is 5.41 Å². The van der Waals surface area contributed by atoms with Gasteiger partial charge < -0.3 is 4.90 Å². The van der Waals surface area contributed by atoms with Crippen LogP contribution in [0.15, 0.2) is 30.3 Å². The highest BCUT2D eigenvalue weighted by Crippen LogP contribution is 2.26. The van der Waals surface area contributed by atoms with Crippen molar-refractivity contribution in [2.75, 3.05) is 6.54 Å². The molecule has 1 amide bonds. The lowest BCUT2D eigenvalue weighted by Crippen LogP contribution is -2.38. The van der Waals surface area contributed by atoms with E-state index in [1.54, 1.807) is 18.7 Å². The van der Waals surface area contributed by atoms with Crippen LogP contribution in [0.3, 0.4) is 0 Å².